The van der Waals surface area contributed by atoms with Crippen LogP contribution in [-0.2, 0) is 6.42 Å². The Morgan fingerprint density at radius 3 is 2.85 bits per heavy atom. The van der Waals surface area contributed by atoms with Gasteiger partial charge in [0.1, 0.15) is 5.82 Å². The lowest BCUT2D eigenvalue weighted by Gasteiger charge is -2.01. The van der Waals surface area contributed by atoms with Crippen molar-refractivity contribution in [3.8, 4) is 0 Å². The van der Waals surface area contributed by atoms with Crippen LogP contribution in [-0.4, -0.2) is 10.8 Å². The molecular weight excluding hydrogens is 277 g/mol. The quantitative estimate of drug-likeness (QED) is 0.712. The van der Waals surface area contributed by atoms with Gasteiger partial charge in [-0.25, -0.2) is 4.39 Å². The Morgan fingerprint density at radius 2 is 2.05 bits per heavy atom. The molecule has 1 aromatic heterocycles. The minimum absolute atomic E-state index is 0.0230. The predicted octanol–water partition coefficient (Wildman–Crippen LogP) is 4.39. The third kappa shape index (κ3) is 2.45. The Balaban J connectivity index is 1.93. The van der Waals surface area contributed by atoms with Crippen LogP contribution in [0, 0.1) is 5.82 Å². The molecule has 1 heterocycles. The van der Waals surface area contributed by atoms with E-state index in [0.717, 1.165) is 10.9 Å². The molecule has 0 radical (unpaired) electrons. The van der Waals surface area contributed by atoms with Crippen molar-refractivity contribution in [3.63, 3.8) is 0 Å². The molecule has 2 nitrogen and oxygen atoms in total. The summed E-state index contributed by atoms with van der Waals surface area (Å²) in [5.74, 6) is -0.349. The van der Waals surface area contributed by atoms with E-state index in [9.17, 15) is 9.18 Å². The second-order valence-electron chi connectivity index (χ2n) is 4.62. The first-order valence-electron chi connectivity index (χ1n) is 6.18. The molecular formula is C16H11ClFNO. The van der Waals surface area contributed by atoms with Gasteiger partial charge >= 0.3 is 0 Å². The van der Waals surface area contributed by atoms with Crippen LogP contribution in [0.5, 0.6) is 0 Å². The molecule has 0 aliphatic carbocycles. The summed E-state index contributed by atoms with van der Waals surface area (Å²) in [4.78, 5) is 15.2. The van der Waals surface area contributed by atoms with Crippen molar-refractivity contribution in [2.24, 2.45) is 0 Å². The number of benzene rings is 2. The molecule has 3 aromatic rings. The molecule has 0 atom stereocenters. The van der Waals surface area contributed by atoms with Crippen molar-refractivity contribution in [3.05, 3.63) is 70.6 Å². The maximum Gasteiger partial charge on any atom is 0.169 e. The van der Waals surface area contributed by atoms with Crippen LogP contribution < -0.4 is 0 Å². The van der Waals surface area contributed by atoms with Crippen LogP contribution in [0.2, 0.25) is 5.02 Å². The van der Waals surface area contributed by atoms with Crippen molar-refractivity contribution in [2.45, 2.75) is 6.42 Å². The van der Waals surface area contributed by atoms with E-state index in [1.165, 1.54) is 12.1 Å². The minimum Gasteiger partial charge on any atom is -0.360 e. The Hall–Kier alpha value is -2.13. The lowest BCUT2D eigenvalue weighted by Crippen LogP contribution is -2.02. The number of carbonyl (C=O) groups is 1. The standard InChI is InChI=1S/C16H11ClFNO/c17-11-3-1-2-10(6-11)7-16(20)14-9-19-15-8-12(18)4-5-13(14)15/h1-6,8-9,19H,7H2. The molecule has 3 rings (SSSR count). The van der Waals surface area contributed by atoms with Gasteiger partial charge in [0, 0.05) is 34.1 Å². The summed E-state index contributed by atoms with van der Waals surface area (Å²) in [6.07, 6.45) is 1.89. The molecule has 100 valence electrons. The highest BCUT2D eigenvalue weighted by Gasteiger charge is 2.13. The summed E-state index contributed by atoms with van der Waals surface area (Å²) in [6.45, 7) is 0. The Bertz CT molecular complexity index is 794. The van der Waals surface area contributed by atoms with Crippen LogP contribution in [0.4, 0.5) is 4.39 Å². The SMILES string of the molecule is O=C(Cc1cccc(Cl)c1)c1c[nH]c2cc(F)ccc12. The molecule has 0 bridgehead atoms. The first-order valence-corrected chi connectivity index (χ1v) is 6.55. The van der Waals surface area contributed by atoms with Crippen LogP contribution in [0.15, 0.2) is 48.7 Å². The van der Waals surface area contributed by atoms with Gasteiger partial charge in [-0.3, -0.25) is 4.79 Å². The highest BCUT2D eigenvalue weighted by molar-refractivity contribution is 6.30. The van der Waals surface area contributed by atoms with Crippen molar-refractivity contribution >= 4 is 28.3 Å². The minimum atomic E-state index is -0.326. The van der Waals surface area contributed by atoms with E-state index in [-0.39, 0.29) is 18.0 Å². The highest BCUT2D eigenvalue weighted by Crippen LogP contribution is 2.21. The topological polar surface area (TPSA) is 32.9 Å². The monoisotopic (exact) mass is 287 g/mol. The van der Waals surface area contributed by atoms with Gasteiger partial charge in [-0.2, -0.15) is 0 Å². The fourth-order valence-electron chi connectivity index (χ4n) is 2.26. The number of aromatic nitrogens is 1. The van der Waals surface area contributed by atoms with Crippen molar-refractivity contribution in [1.29, 1.82) is 0 Å². The molecule has 0 aliphatic rings. The molecule has 0 amide bonds. The lowest BCUT2D eigenvalue weighted by molar-refractivity contribution is 0.0994. The Morgan fingerprint density at radius 1 is 1.20 bits per heavy atom. The molecule has 0 saturated heterocycles. The van der Waals surface area contributed by atoms with Crippen LogP contribution in [0.25, 0.3) is 10.9 Å². The number of Topliss-reactive ketones (excluding diaryl/α,β-unsaturated/α-hetero) is 1. The van der Waals surface area contributed by atoms with Crippen LogP contribution in [0.3, 0.4) is 0 Å². The Labute approximate surface area is 120 Å². The average molecular weight is 288 g/mol. The molecule has 0 fully saturated rings. The number of nitrogens with one attached hydrogen (secondary N) is 1. The number of halogens is 2. The van der Waals surface area contributed by atoms with E-state index in [0.29, 0.717) is 16.1 Å². The largest absolute Gasteiger partial charge is 0.360 e. The van der Waals surface area contributed by atoms with Gasteiger partial charge in [-0.1, -0.05) is 23.7 Å². The zero-order valence-electron chi connectivity index (χ0n) is 10.5. The Kier molecular flexibility index (Phi) is 3.28. The fourth-order valence-corrected chi connectivity index (χ4v) is 2.47. The summed E-state index contributed by atoms with van der Waals surface area (Å²) < 4.78 is 13.1. The predicted molar refractivity (Wildman–Crippen MR) is 77.7 cm³/mol. The number of fused-ring (bicyclic) bond motifs is 1. The molecule has 0 spiro atoms. The summed E-state index contributed by atoms with van der Waals surface area (Å²) in [5, 5.41) is 1.34. The average Bonchev–Trinajstić information content (AvgIpc) is 2.81. The first kappa shape index (κ1) is 12.9. The molecule has 1 N–H and O–H groups in total. The summed E-state index contributed by atoms with van der Waals surface area (Å²) in [5.41, 5.74) is 2.05. The van der Waals surface area contributed by atoms with Gasteiger partial charge in [0.05, 0.1) is 0 Å². The molecule has 20 heavy (non-hydrogen) atoms. The van der Waals surface area contributed by atoms with E-state index in [4.69, 9.17) is 11.6 Å². The summed E-state index contributed by atoms with van der Waals surface area (Å²) in [6, 6.07) is 11.6. The van der Waals surface area contributed by atoms with Crippen molar-refractivity contribution in [1.82, 2.24) is 4.98 Å². The van der Waals surface area contributed by atoms with Gasteiger partial charge in [-0.05, 0) is 35.9 Å². The zero-order chi connectivity index (χ0) is 14.1. The van der Waals surface area contributed by atoms with E-state index in [1.54, 1.807) is 24.4 Å². The van der Waals surface area contributed by atoms with E-state index < -0.39 is 0 Å². The van der Waals surface area contributed by atoms with Crippen molar-refractivity contribution in [2.75, 3.05) is 0 Å². The smallest absolute Gasteiger partial charge is 0.169 e. The second kappa shape index (κ2) is 5.10. The zero-order valence-corrected chi connectivity index (χ0v) is 11.2. The first-order chi connectivity index (χ1) is 9.63. The van der Waals surface area contributed by atoms with Crippen molar-refractivity contribution < 1.29 is 9.18 Å². The number of rotatable bonds is 3. The molecule has 4 heteroatoms. The molecule has 0 unspecified atom stereocenters. The number of aromatic amines is 1. The number of H-pyrrole nitrogens is 1. The second-order valence-corrected chi connectivity index (χ2v) is 5.06. The maximum atomic E-state index is 13.1. The summed E-state index contributed by atoms with van der Waals surface area (Å²) >= 11 is 5.91. The van der Waals surface area contributed by atoms with Gasteiger partial charge in [0.2, 0.25) is 0 Å². The number of carbonyl (C=O) groups excluding carboxylic acids is 1. The third-order valence-corrected chi connectivity index (χ3v) is 3.43. The normalized spacial score (nSPS) is 10.9. The van der Waals surface area contributed by atoms with Crippen LogP contribution in [0.1, 0.15) is 15.9 Å². The summed E-state index contributed by atoms with van der Waals surface area (Å²) in [7, 11) is 0. The molecule has 0 aliphatic heterocycles. The maximum absolute atomic E-state index is 13.1. The molecule has 2 aromatic carbocycles. The fraction of sp³-hybridized carbons (Fsp3) is 0.0625. The van der Waals surface area contributed by atoms with Gasteiger partial charge in [0.15, 0.2) is 5.78 Å². The number of hydrogen-bond donors (Lipinski definition) is 1. The van der Waals surface area contributed by atoms with E-state index in [1.807, 2.05) is 12.1 Å². The third-order valence-electron chi connectivity index (χ3n) is 3.20. The van der Waals surface area contributed by atoms with Crippen LogP contribution >= 0.6 is 11.6 Å². The van der Waals surface area contributed by atoms with E-state index in [2.05, 4.69) is 4.98 Å². The van der Waals surface area contributed by atoms with E-state index >= 15 is 0 Å². The highest BCUT2D eigenvalue weighted by atomic mass is 35.5. The molecule has 0 saturated carbocycles. The number of hydrogen-bond acceptors (Lipinski definition) is 1. The van der Waals surface area contributed by atoms with Gasteiger partial charge in [-0.15, -0.1) is 0 Å². The van der Waals surface area contributed by atoms with Gasteiger partial charge in [0.25, 0.3) is 0 Å². The number of ketones is 1. The lowest BCUT2D eigenvalue weighted by atomic mass is 10.0. The van der Waals surface area contributed by atoms with Gasteiger partial charge < -0.3 is 4.98 Å².